The number of hydrogen-bond donors (Lipinski definition) is 1. The molecule has 5 nitrogen and oxygen atoms in total. The van der Waals surface area contributed by atoms with Crippen molar-refractivity contribution in [2.75, 3.05) is 37.6 Å². The molecule has 6 heteroatoms. The first kappa shape index (κ1) is 18.9. The fourth-order valence-corrected chi connectivity index (χ4v) is 3.14. The van der Waals surface area contributed by atoms with Gasteiger partial charge < -0.3 is 15.1 Å². The molecule has 2 amide bonds. The van der Waals surface area contributed by atoms with Gasteiger partial charge in [-0.15, -0.1) is 0 Å². The predicted octanol–water partition coefficient (Wildman–Crippen LogP) is 2.22. The van der Waals surface area contributed by atoms with Gasteiger partial charge in [-0.2, -0.15) is 0 Å². The van der Waals surface area contributed by atoms with Crippen molar-refractivity contribution in [2.45, 2.75) is 12.8 Å². The van der Waals surface area contributed by atoms with Crippen molar-refractivity contribution >= 4 is 17.5 Å². The summed E-state index contributed by atoms with van der Waals surface area (Å²) < 4.78 is 13.0. The number of carbonyl (C=O) groups excluding carboxylic acids is 2. The fraction of sp³-hybridized carbons (Fsp3) is 0.333. The molecule has 0 spiro atoms. The van der Waals surface area contributed by atoms with Crippen LogP contribution in [0.1, 0.15) is 12.0 Å². The van der Waals surface area contributed by atoms with E-state index in [1.165, 1.54) is 12.1 Å². The maximum absolute atomic E-state index is 13.0. The van der Waals surface area contributed by atoms with Crippen LogP contribution in [0.15, 0.2) is 54.6 Å². The smallest absolute Gasteiger partial charge is 0.242 e. The molecule has 0 aliphatic carbocycles. The van der Waals surface area contributed by atoms with Gasteiger partial charge >= 0.3 is 0 Å². The van der Waals surface area contributed by atoms with Crippen molar-refractivity contribution in [3.8, 4) is 0 Å². The van der Waals surface area contributed by atoms with Crippen molar-refractivity contribution in [1.82, 2.24) is 10.2 Å². The number of hydrogen-bond acceptors (Lipinski definition) is 3. The molecular weight excluding hydrogens is 345 g/mol. The molecule has 0 radical (unpaired) electrons. The zero-order valence-electron chi connectivity index (χ0n) is 15.2. The van der Waals surface area contributed by atoms with Crippen LogP contribution in [0.3, 0.4) is 0 Å². The number of halogens is 1. The highest BCUT2D eigenvalue weighted by molar-refractivity contribution is 5.85. The van der Waals surface area contributed by atoms with Crippen LogP contribution in [0.4, 0.5) is 10.1 Å². The third-order valence-corrected chi connectivity index (χ3v) is 4.74. The first-order valence-corrected chi connectivity index (χ1v) is 9.21. The second-order valence-electron chi connectivity index (χ2n) is 6.61. The molecular formula is C21H24FN3O2. The number of carbonyl (C=O) groups is 2. The van der Waals surface area contributed by atoms with Gasteiger partial charge in [0, 0.05) is 38.3 Å². The Morgan fingerprint density at radius 2 is 1.59 bits per heavy atom. The number of anilines is 1. The summed E-state index contributed by atoms with van der Waals surface area (Å²) in [7, 11) is 0. The number of amides is 2. The maximum atomic E-state index is 13.0. The summed E-state index contributed by atoms with van der Waals surface area (Å²) in [6.07, 6.45) is 1.03. The highest BCUT2D eigenvalue weighted by Gasteiger charge is 2.21. The second kappa shape index (κ2) is 9.16. The molecule has 0 bridgehead atoms. The van der Waals surface area contributed by atoms with Gasteiger partial charge in [-0.1, -0.05) is 30.3 Å². The van der Waals surface area contributed by atoms with Gasteiger partial charge in [-0.25, -0.2) is 4.39 Å². The van der Waals surface area contributed by atoms with Crippen molar-refractivity contribution in [3.05, 3.63) is 66.0 Å². The van der Waals surface area contributed by atoms with Gasteiger partial charge in [0.05, 0.1) is 6.54 Å². The van der Waals surface area contributed by atoms with E-state index in [1.807, 2.05) is 30.3 Å². The molecule has 1 N–H and O–H groups in total. The van der Waals surface area contributed by atoms with Crippen LogP contribution in [0.2, 0.25) is 0 Å². The van der Waals surface area contributed by atoms with Gasteiger partial charge in [-0.05, 0) is 36.2 Å². The van der Waals surface area contributed by atoms with Gasteiger partial charge in [0.2, 0.25) is 11.8 Å². The van der Waals surface area contributed by atoms with E-state index in [1.54, 1.807) is 17.0 Å². The zero-order valence-corrected chi connectivity index (χ0v) is 15.2. The van der Waals surface area contributed by atoms with Crippen LogP contribution in [0.5, 0.6) is 0 Å². The molecule has 1 heterocycles. The second-order valence-corrected chi connectivity index (χ2v) is 6.61. The Balaban J connectivity index is 1.38. The lowest BCUT2D eigenvalue weighted by Crippen LogP contribution is -2.51. The normalized spacial score (nSPS) is 14.1. The molecule has 2 aromatic rings. The molecule has 0 aromatic heterocycles. The standard InChI is InChI=1S/C21H24FN3O2/c22-18-7-9-19(10-8-18)24-12-14-25(15-13-24)21(27)16-23-20(26)11-6-17-4-2-1-3-5-17/h1-5,7-10H,6,11-16H2,(H,23,26). The van der Waals surface area contributed by atoms with Crippen LogP contribution in [-0.4, -0.2) is 49.4 Å². The van der Waals surface area contributed by atoms with Crippen LogP contribution < -0.4 is 10.2 Å². The molecule has 2 aromatic carbocycles. The van der Waals surface area contributed by atoms with E-state index in [-0.39, 0.29) is 24.2 Å². The number of nitrogens with one attached hydrogen (secondary N) is 1. The van der Waals surface area contributed by atoms with Crippen molar-refractivity contribution in [1.29, 1.82) is 0 Å². The van der Waals surface area contributed by atoms with Crippen LogP contribution in [0.25, 0.3) is 0 Å². The molecule has 27 heavy (non-hydrogen) atoms. The number of rotatable bonds is 6. The maximum Gasteiger partial charge on any atom is 0.242 e. The Hall–Kier alpha value is -2.89. The molecule has 0 atom stereocenters. The quantitative estimate of drug-likeness (QED) is 0.850. The summed E-state index contributed by atoms with van der Waals surface area (Å²) in [6, 6.07) is 16.2. The summed E-state index contributed by atoms with van der Waals surface area (Å²) in [5.41, 5.74) is 2.06. The lowest BCUT2D eigenvalue weighted by atomic mass is 10.1. The molecule has 1 fully saturated rings. The SMILES string of the molecule is O=C(CCc1ccccc1)NCC(=O)N1CCN(c2ccc(F)cc2)CC1. The Morgan fingerprint density at radius 3 is 2.26 bits per heavy atom. The Kier molecular flexibility index (Phi) is 6.41. The first-order valence-electron chi connectivity index (χ1n) is 9.21. The number of aryl methyl sites for hydroxylation is 1. The van der Waals surface area contributed by atoms with Crippen LogP contribution in [0, 0.1) is 5.82 Å². The average molecular weight is 369 g/mol. The molecule has 1 saturated heterocycles. The summed E-state index contributed by atoms with van der Waals surface area (Å²) in [6.45, 7) is 2.61. The van der Waals surface area contributed by atoms with Gasteiger partial charge in [0.1, 0.15) is 5.82 Å². The fourth-order valence-electron chi connectivity index (χ4n) is 3.14. The van der Waals surface area contributed by atoms with Crippen LogP contribution in [-0.2, 0) is 16.0 Å². The van der Waals surface area contributed by atoms with Crippen molar-refractivity contribution in [2.24, 2.45) is 0 Å². The molecule has 1 aliphatic rings. The van der Waals surface area contributed by atoms with E-state index in [9.17, 15) is 14.0 Å². The van der Waals surface area contributed by atoms with Gasteiger partial charge in [-0.3, -0.25) is 9.59 Å². The zero-order chi connectivity index (χ0) is 19.1. The third kappa shape index (κ3) is 5.54. The van der Waals surface area contributed by atoms with Gasteiger partial charge in [0.15, 0.2) is 0 Å². The first-order chi connectivity index (χ1) is 13.1. The molecule has 3 rings (SSSR count). The molecule has 142 valence electrons. The van der Waals surface area contributed by atoms with E-state index in [4.69, 9.17) is 0 Å². The Bertz CT molecular complexity index is 757. The van der Waals surface area contributed by atoms with Crippen molar-refractivity contribution < 1.29 is 14.0 Å². The van der Waals surface area contributed by atoms with E-state index in [0.29, 0.717) is 39.0 Å². The van der Waals surface area contributed by atoms with E-state index >= 15 is 0 Å². The Morgan fingerprint density at radius 1 is 0.926 bits per heavy atom. The predicted molar refractivity (Wildman–Crippen MR) is 103 cm³/mol. The minimum absolute atomic E-state index is 0.0319. The minimum Gasteiger partial charge on any atom is -0.368 e. The summed E-state index contributed by atoms with van der Waals surface area (Å²) in [4.78, 5) is 28.1. The van der Waals surface area contributed by atoms with E-state index < -0.39 is 0 Å². The number of nitrogens with zero attached hydrogens (tertiary/aromatic N) is 2. The highest BCUT2D eigenvalue weighted by Crippen LogP contribution is 2.16. The molecule has 1 aliphatic heterocycles. The van der Waals surface area contributed by atoms with Crippen molar-refractivity contribution in [3.63, 3.8) is 0 Å². The lowest BCUT2D eigenvalue weighted by Gasteiger charge is -2.36. The summed E-state index contributed by atoms with van der Waals surface area (Å²) >= 11 is 0. The summed E-state index contributed by atoms with van der Waals surface area (Å²) in [5.74, 6) is -0.436. The monoisotopic (exact) mass is 369 g/mol. The van der Waals surface area contributed by atoms with E-state index in [0.717, 1.165) is 11.3 Å². The molecule has 0 saturated carbocycles. The lowest BCUT2D eigenvalue weighted by molar-refractivity contribution is -0.133. The van der Waals surface area contributed by atoms with E-state index in [2.05, 4.69) is 10.2 Å². The van der Waals surface area contributed by atoms with Gasteiger partial charge in [0.25, 0.3) is 0 Å². The average Bonchev–Trinajstić information content (AvgIpc) is 2.72. The highest BCUT2D eigenvalue weighted by atomic mass is 19.1. The largest absolute Gasteiger partial charge is 0.368 e. The van der Waals surface area contributed by atoms with Crippen LogP contribution >= 0.6 is 0 Å². The summed E-state index contributed by atoms with van der Waals surface area (Å²) in [5, 5.41) is 2.71. The number of piperazine rings is 1. The number of benzene rings is 2. The topological polar surface area (TPSA) is 52.7 Å². The Labute approximate surface area is 158 Å². The minimum atomic E-state index is -0.254. The third-order valence-electron chi connectivity index (χ3n) is 4.74. The molecule has 0 unspecified atom stereocenters.